The second kappa shape index (κ2) is 5.24. The summed E-state index contributed by atoms with van der Waals surface area (Å²) in [5.74, 6) is 0.856. The van der Waals surface area contributed by atoms with Crippen LogP contribution in [0, 0.1) is 11.3 Å². The Kier molecular flexibility index (Phi) is 2.98. The number of Topliss-reactive ketones (excluding diaryl/α,β-unsaturated/α-hetero) is 1. The molecule has 0 saturated heterocycles. The SMILES string of the molecule is CC1=C(C#N)C(c2ccc3c(c2)OCO3)C2=C(N1)c1ccccc1C2=O. The summed E-state index contributed by atoms with van der Waals surface area (Å²) >= 11 is 0. The Morgan fingerprint density at radius 2 is 1.88 bits per heavy atom. The molecule has 0 fully saturated rings. The van der Waals surface area contributed by atoms with Gasteiger partial charge in [-0.1, -0.05) is 30.3 Å². The number of nitrogens with zero attached hydrogens (tertiary/aromatic N) is 1. The van der Waals surface area contributed by atoms with Crippen LogP contribution < -0.4 is 14.8 Å². The fourth-order valence-electron chi connectivity index (χ4n) is 3.90. The molecule has 0 bridgehead atoms. The number of fused-ring (bicyclic) bond motifs is 3. The first-order valence-electron chi connectivity index (χ1n) is 8.34. The Morgan fingerprint density at radius 3 is 2.69 bits per heavy atom. The fourth-order valence-corrected chi connectivity index (χ4v) is 3.90. The van der Waals surface area contributed by atoms with Gasteiger partial charge in [0.25, 0.3) is 0 Å². The van der Waals surface area contributed by atoms with Crippen LogP contribution in [-0.4, -0.2) is 12.6 Å². The Morgan fingerprint density at radius 1 is 1.12 bits per heavy atom. The van der Waals surface area contributed by atoms with Crippen molar-refractivity contribution in [1.29, 1.82) is 5.26 Å². The smallest absolute Gasteiger partial charge is 0.231 e. The van der Waals surface area contributed by atoms with E-state index in [0.29, 0.717) is 28.2 Å². The van der Waals surface area contributed by atoms with Gasteiger partial charge in [0.05, 0.1) is 23.3 Å². The molecule has 5 nitrogen and oxygen atoms in total. The first-order chi connectivity index (χ1) is 12.7. The summed E-state index contributed by atoms with van der Waals surface area (Å²) in [6, 6.07) is 15.4. The third-order valence-electron chi connectivity index (χ3n) is 5.10. The summed E-state index contributed by atoms with van der Waals surface area (Å²) in [6.07, 6.45) is 0. The summed E-state index contributed by atoms with van der Waals surface area (Å²) in [6.45, 7) is 2.05. The standard InChI is InChI=1S/C21H14N2O3/c1-11-15(9-22)18(12-6-7-16-17(8-12)26-10-25-16)19-20(23-11)13-4-2-3-5-14(13)21(19)24/h2-8,18,23H,10H2,1H3. The quantitative estimate of drug-likeness (QED) is 0.859. The van der Waals surface area contributed by atoms with Crippen molar-refractivity contribution in [3.05, 3.63) is 76.0 Å². The summed E-state index contributed by atoms with van der Waals surface area (Å²) < 4.78 is 10.9. The Bertz CT molecular complexity index is 1090. The van der Waals surface area contributed by atoms with Crippen molar-refractivity contribution < 1.29 is 14.3 Å². The molecular weight excluding hydrogens is 328 g/mol. The zero-order chi connectivity index (χ0) is 17.8. The van der Waals surface area contributed by atoms with Crippen molar-refractivity contribution in [3.63, 3.8) is 0 Å². The molecule has 1 N–H and O–H groups in total. The van der Waals surface area contributed by atoms with E-state index in [1.165, 1.54) is 0 Å². The van der Waals surface area contributed by atoms with Gasteiger partial charge < -0.3 is 14.8 Å². The zero-order valence-corrected chi connectivity index (χ0v) is 14.0. The largest absolute Gasteiger partial charge is 0.454 e. The molecule has 1 atom stereocenters. The number of allylic oxidation sites excluding steroid dienone is 3. The molecule has 0 radical (unpaired) electrons. The summed E-state index contributed by atoms with van der Waals surface area (Å²) in [5.41, 5.74) is 5.12. The molecule has 26 heavy (non-hydrogen) atoms. The van der Waals surface area contributed by atoms with E-state index in [1.807, 2.05) is 49.4 Å². The first kappa shape index (κ1) is 14.8. The lowest BCUT2D eigenvalue weighted by molar-refractivity contribution is 0.103. The lowest BCUT2D eigenvalue weighted by atomic mass is 9.80. The van der Waals surface area contributed by atoms with Gasteiger partial charge in [-0.3, -0.25) is 4.79 Å². The highest BCUT2D eigenvalue weighted by atomic mass is 16.7. The van der Waals surface area contributed by atoms with Crippen molar-refractivity contribution in [2.45, 2.75) is 12.8 Å². The number of hydrogen-bond acceptors (Lipinski definition) is 5. The Hall–Kier alpha value is -3.52. The van der Waals surface area contributed by atoms with Gasteiger partial charge in [0, 0.05) is 22.4 Å². The highest BCUT2D eigenvalue weighted by Gasteiger charge is 2.40. The van der Waals surface area contributed by atoms with Gasteiger partial charge in [-0.25, -0.2) is 0 Å². The molecule has 5 rings (SSSR count). The number of benzene rings is 2. The summed E-state index contributed by atoms with van der Waals surface area (Å²) in [7, 11) is 0. The summed E-state index contributed by atoms with van der Waals surface area (Å²) in [5, 5.41) is 13.1. The number of rotatable bonds is 1. The molecule has 0 amide bonds. The maximum atomic E-state index is 13.1. The van der Waals surface area contributed by atoms with Gasteiger partial charge >= 0.3 is 0 Å². The van der Waals surface area contributed by atoms with Gasteiger partial charge in [0.2, 0.25) is 6.79 Å². The van der Waals surface area contributed by atoms with Gasteiger partial charge in [-0.15, -0.1) is 0 Å². The van der Waals surface area contributed by atoms with Gasteiger partial charge in [-0.2, -0.15) is 5.26 Å². The zero-order valence-electron chi connectivity index (χ0n) is 14.0. The number of ether oxygens (including phenoxy) is 2. The Balaban J connectivity index is 1.73. The van der Waals surface area contributed by atoms with Gasteiger partial charge in [-0.05, 0) is 24.6 Å². The average Bonchev–Trinajstić information content (AvgIpc) is 3.24. The van der Waals surface area contributed by atoms with Crippen LogP contribution in [0.1, 0.15) is 34.3 Å². The molecule has 5 heteroatoms. The van der Waals surface area contributed by atoms with E-state index in [2.05, 4.69) is 11.4 Å². The van der Waals surface area contributed by atoms with Gasteiger partial charge in [0.1, 0.15) is 0 Å². The van der Waals surface area contributed by atoms with Crippen molar-refractivity contribution in [2.24, 2.45) is 0 Å². The number of nitrogens with one attached hydrogen (secondary N) is 1. The number of carbonyl (C=O) groups is 1. The van der Waals surface area contributed by atoms with E-state index in [0.717, 1.165) is 22.5 Å². The molecule has 2 heterocycles. The summed E-state index contributed by atoms with van der Waals surface area (Å²) in [4.78, 5) is 13.1. The highest BCUT2D eigenvalue weighted by molar-refractivity contribution is 6.22. The number of hydrogen-bond donors (Lipinski definition) is 1. The van der Waals surface area contributed by atoms with Crippen LogP contribution in [0.25, 0.3) is 5.70 Å². The minimum absolute atomic E-state index is 0.0361. The molecule has 1 unspecified atom stereocenters. The Labute approximate surface area is 150 Å². The maximum Gasteiger partial charge on any atom is 0.231 e. The minimum atomic E-state index is -0.425. The van der Waals surface area contributed by atoms with Crippen LogP contribution in [0.3, 0.4) is 0 Å². The average molecular weight is 342 g/mol. The van der Waals surface area contributed by atoms with Gasteiger partial charge in [0.15, 0.2) is 17.3 Å². The van der Waals surface area contributed by atoms with Crippen LogP contribution in [0.2, 0.25) is 0 Å². The molecule has 0 aromatic heterocycles. The molecule has 1 aliphatic carbocycles. The topological polar surface area (TPSA) is 71.3 Å². The normalized spacial score (nSPS) is 19.8. The molecule has 2 aliphatic heterocycles. The molecule has 126 valence electrons. The van der Waals surface area contributed by atoms with Crippen LogP contribution in [0.15, 0.2) is 59.3 Å². The van der Waals surface area contributed by atoms with E-state index >= 15 is 0 Å². The van der Waals surface area contributed by atoms with E-state index in [9.17, 15) is 10.1 Å². The third kappa shape index (κ3) is 1.87. The lowest BCUT2D eigenvalue weighted by Gasteiger charge is -2.27. The molecule has 3 aliphatic rings. The third-order valence-corrected chi connectivity index (χ3v) is 5.10. The van der Waals surface area contributed by atoms with Crippen molar-refractivity contribution >= 4 is 11.5 Å². The monoisotopic (exact) mass is 342 g/mol. The predicted octanol–water partition coefficient (Wildman–Crippen LogP) is 3.51. The molecule has 0 spiro atoms. The predicted molar refractivity (Wildman–Crippen MR) is 94.4 cm³/mol. The van der Waals surface area contributed by atoms with Crippen LogP contribution >= 0.6 is 0 Å². The highest BCUT2D eigenvalue weighted by Crippen LogP contribution is 2.47. The van der Waals surface area contributed by atoms with Crippen LogP contribution in [0.4, 0.5) is 0 Å². The van der Waals surface area contributed by atoms with Crippen molar-refractivity contribution in [1.82, 2.24) is 5.32 Å². The van der Waals surface area contributed by atoms with E-state index in [-0.39, 0.29) is 12.6 Å². The van der Waals surface area contributed by atoms with Crippen LogP contribution in [-0.2, 0) is 0 Å². The number of ketones is 1. The number of nitriles is 1. The lowest BCUT2D eigenvalue weighted by Crippen LogP contribution is -2.24. The molecule has 2 aromatic carbocycles. The minimum Gasteiger partial charge on any atom is -0.454 e. The van der Waals surface area contributed by atoms with Crippen molar-refractivity contribution in [2.75, 3.05) is 6.79 Å². The van der Waals surface area contributed by atoms with E-state index < -0.39 is 5.92 Å². The first-order valence-corrected chi connectivity index (χ1v) is 8.34. The second-order valence-corrected chi connectivity index (χ2v) is 6.48. The molecule has 0 saturated carbocycles. The van der Waals surface area contributed by atoms with E-state index in [4.69, 9.17) is 9.47 Å². The molecular formula is C21H14N2O3. The van der Waals surface area contributed by atoms with E-state index in [1.54, 1.807) is 0 Å². The number of dihydropyridines is 1. The van der Waals surface area contributed by atoms with Crippen LogP contribution in [0.5, 0.6) is 11.5 Å². The van der Waals surface area contributed by atoms with Crippen molar-refractivity contribution in [3.8, 4) is 17.6 Å². The number of carbonyl (C=O) groups excluding carboxylic acids is 1. The maximum absolute atomic E-state index is 13.1. The second-order valence-electron chi connectivity index (χ2n) is 6.48. The molecule has 2 aromatic rings. The fraction of sp³-hybridized carbons (Fsp3) is 0.143.